The summed E-state index contributed by atoms with van der Waals surface area (Å²) in [6, 6.07) is 9.64. The van der Waals surface area contributed by atoms with Crippen LogP contribution in [0.5, 0.6) is 0 Å². The number of amides is 5. The van der Waals surface area contributed by atoms with Crippen LogP contribution in [0.25, 0.3) is 11.1 Å². The predicted octanol–water partition coefficient (Wildman–Crippen LogP) is 2.32. The Kier molecular flexibility index (Phi) is 13.6. The molecule has 1 saturated heterocycles. The number of hydrogen-bond acceptors (Lipinski definition) is 9. The number of hydrogen-bond donors (Lipinski definition) is 7. The van der Waals surface area contributed by atoms with Crippen molar-refractivity contribution in [2.75, 3.05) is 13.1 Å². The molecule has 9 N–H and O–H groups in total. The van der Waals surface area contributed by atoms with E-state index in [4.69, 9.17) is 32.4 Å². The summed E-state index contributed by atoms with van der Waals surface area (Å²) in [6.07, 6.45) is 2.34. The van der Waals surface area contributed by atoms with Crippen LogP contribution in [-0.4, -0.2) is 91.6 Å². The van der Waals surface area contributed by atoms with Crippen LogP contribution in [0.2, 0.25) is 5.02 Å². The van der Waals surface area contributed by atoms with Crippen LogP contribution in [-0.2, 0) is 28.5 Å². The molecule has 1 unspecified atom stereocenters. The smallest absolute Gasteiger partial charge is 0.404 e. The number of nitrogens with two attached hydrogens (primary N) is 2. The first-order valence-electron chi connectivity index (χ1n) is 19.5. The maximum atomic E-state index is 13.6. The lowest BCUT2D eigenvalue weighted by Gasteiger charge is -2.64. The van der Waals surface area contributed by atoms with Gasteiger partial charge < -0.3 is 47.4 Å². The Balaban J connectivity index is 1.11. The predicted molar refractivity (Wildman–Crippen MR) is 215 cm³/mol. The number of carbonyl (C=O) groups excluding carboxylic acids is 5. The van der Waals surface area contributed by atoms with Crippen molar-refractivity contribution >= 4 is 48.3 Å². The Labute approximate surface area is 334 Å². The van der Waals surface area contributed by atoms with Crippen molar-refractivity contribution in [1.82, 2.24) is 26.6 Å². The lowest BCUT2D eigenvalue weighted by molar-refractivity contribution is -0.199. The minimum absolute atomic E-state index is 0.0359. The van der Waals surface area contributed by atoms with E-state index in [-0.39, 0.29) is 30.5 Å². The molecule has 3 saturated carbocycles. The molecule has 16 heteroatoms. The first-order valence-corrected chi connectivity index (χ1v) is 19.9. The van der Waals surface area contributed by atoms with E-state index < -0.39 is 72.4 Å². The van der Waals surface area contributed by atoms with Crippen LogP contribution in [0, 0.1) is 23.2 Å². The molecule has 0 aromatic heterocycles. The van der Waals surface area contributed by atoms with Gasteiger partial charge in [-0.25, -0.2) is 0 Å². The summed E-state index contributed by atoms with van der Waals surface area (Å²) in [7, 11) is -0.624. The Morgan fingerprint density at radius 1 is 0.750 bits per heavy atom. The Hall–Kier alpha value is -4.02. The molecule has 304 valence electrons. The molecule has 14 nitrogen and oxygen atoms in total. The second-order valence-corrected chi connectivity index (χ2v) is 17.1. The van der Waals surface area contributed by atoms with Gasteiger partial charge in [-0.2, -0.15) is 0 Å². The van der Waals surface area contributed by atoms with Gasteiger partial charge in [-0.05, 0) is 98.6 Å². The molecule has 1 heterocycles. The molecule has 4 aliphatic rings. The van der Waals surface area contributed by atoms with Gasteiger partial charge in [-0.15, -0.1) is 0 Å². The van der Waals surface area contributed by atoms with Crippen molar-refractivity contribution < 1.29 is 33.3 Å². The fraction of sp³-hybridized carbons (Fsp3) is 0.575. The van der Waals surface area contributed by atoms with Crippen molar-refractivity contribution in [1.29, 1.82) is 0 Å². The standard InChI is InChI=1S/C40H57BClN7O7/c1-21(2)16-29(36(52)46-23(4)41-55-33-18-27-17-32(39(27,5)6)40(33,7)56-41)47-34(50)22(3)45-37(53)30(19-43)49-38(54)31(20-44)48-35(51)26-10-8-24(9-11-26)25-12-14-28(42)15-13-25/h8-15,21-23,27,29-33H,16-20,43-44H2,1-7H3,(H,45,53)(H,46,52)(H,47,50)(H,48,51)(H,49,54)/t22-,23-,27-,29-,30-,31-,32-,33?,40-/m0/s1. The quantitative estimate of drug-likeness (QED) is 0.124. The largest absolute Gasteiger partial charge is 0.481 e. The van der Waals surface area contributed by atoms with Crippen molar-refractivity contribution in [3.05, 3.63) is 59.1 Å². The van der Waals surface area contributed by atoms with Crippen LogP contribution < -0.4 is 38.1 Å². The molecule has 2 aromatic rings. The lowest BCUT2D eigenvalue weighted by Crippen LogP contribution is -2.65. The van der Waals surface area contributed by atoms with Crippen LogP contribution in [0.3, 0.4) is 0 Å². The number of rotatable bonds is 16. The van der Waals surface area contributed by atoms with Crippen LogP contribution >= 0.6 is 11.6 Å². The number of halogens is 1. The molecule has 5 amide bonds. The third-order valence-electron chi connectivity index (χ3n) is 11.9. The van der Waals surface area contributed by atoms with Gasteiger partial charge in [-0.1, -0.05) is 63.6 Å². The van der Waals surface area contributed by atoms with E-state index in [0.29, 0.717) is 28.8 Å². The van der Waals surface area contributed by atoms with E-state index in [1.165, 1.54) is 6.92 Å². The zero-order chi connectivity index (χ0) is 41.1. The summed E-state index contributed by atoms with van der Waals surface area (Å²) >= 11 is 5.98. The molecule has 2 bridgehead atoms. The SMILES string of the molecule is CC(C)C[C@H](NC(=O)[C@H](C)NC(=O)[C@H](CN)NC(=O)[C@H](CN)NC(=O)c1ccc(-c2ccc(Cl)cc2)cc1)C(=O)N[C@@H](C)B1OC2C[C@@H]3C[C@@H](C3(C)C)[C@]2(C)O1. The highest BCUT2D eigenvalue weighted by atomic mass is 35.5. The molecule has 3 aliphatic carbocycles. The molecule has 56 heavy (non-hydrogen) atoms. The second-order valence-electron chi connectivity index (χ2n) is 16.7. The monoisotopic (exact) mass is 793 g/mol. The maximum absolute atomic E-state index is 13.6. The van der Waals surface area contributed by atoms with Gasteiger partial charge in [0, 0.05) is 23.7 Å². The average Bonchev–Trinajstić information content (AvgIpc) is 3.53. The molecule has 0 radical (unpaired) electrons. The minimum atomic E-state index is -1.24. The van der Waals surface area contributed by atoms with Gasteiger partial charge in [0.1, 0.15) is 24.2 Å². The molecular formula is C40H57BClN7O7. The van der Waals surface area contributed by atoms with Crippen LogP contribution in [0.1, 0.15) is 78.1 Å². The van der Waals surface area contributed by atoms with E-state index >= 15 is 0 Å². The van der Waals surface area contributed by atoms with Crippen molar-refractivity contribution in [3.63, 3.8) is 0 Å². The Morgan fingerprint density at radius 3 is 1.86 bits per heavy atom. The zero-order valence-electron chi connectivity index (χ0n) is 33.3. The molecule has 9 atom stereocenters. The van der Waals surface area contributed by atoms with Gasteiger partial charge in [0.15, 0.2) is 0 Å². The summed E-state index contributed by atoms with van der Waals surface area (Å²) in [4.78, 5) is 66.3. The van der Waals surface area contributed by atoms with Gasteiger partial charge in [0.05, 0.1) is 17.6 Å². The third-order valence-corrected chi connectivity index (χ3v) is 12.1. The second kappa shape index (κ2) is 17.6. The average molecular weight is 794 g/mol. The normalized spacial score (nSPS) is 24.7. The van der Waals surface area contributed by atoms with E-state index in [1.807, 2.05) is 32.9 Å². The minimum Gasteiger partial charge on any atom is -0.404 e. The number of carbonyl (C=O) groups is 5. The molecular weight excluding hydrogens is 737 g/mol. The first-order chi connectivity index (χ1) is 26.4. The Bertz CT molecular complexity index is 1760. The lowest BCUT2D eigenvalue weighted by atomic mass is 9.43. The summed E-state index contributed by atoms with van der Waals surface area (Å²) in [6.45, 7) is 13.3. The number of benzene rings is 2. The molecule has 1 aliphatic heterocycles. The first kappa shape index (κ1) is 43.1. The van der Waals surface area contributed by atoms with Crippen molar-refractivity contribution in [2.24, 2.45) is 34.6 Å². The number of nitrogens with one attached hydrogen (secondary N) is 5. The topological polar surface area (TPSA) is 216 Å². The van der Waals surface area contributed by atoms with Gasteiger partial charge in [-0.3, -0.25) is 24.0 Å². The Morgan fingerprint density at radius 2 is 1.29 bits per heavy atom. The zero-order valence-corrected chi connectivity index (χ0v) is 34.1. The van der Waals surface area contributed by atoms with Gasteiger partial charge in [0.2, 0.25) is 23.6 Å². The fourth-order valence-corrected chi connectivity index (χ4v) is 8.45. The van der Waals surface area contributed by atoms with Crippen molar-refractivity contribution in [2.45, 2.75) is 110 Å². The maximum Gasteiger partial charge on any atom is 0.481 e. The van der Waals surface area contributed by atoms with Crippen LogP contribution in [0.15, 0.2) is 48.5 Å². The molecule has 0 spiro atoms. The third kappa shape index (κ3) is 9.40. The highest BCUT2D eigenvalue weighted by molar-refractivity contribution is 6.47. The van der Waals surface area contributed by atoms with Crippen molar-refractivity contribution in [3.8, 4) is 11.1 Å². The summed E-state index contributed by atoms with van der Waals surface area (Å²) in [5.74, 6) is -2.44. The highest BCUT2D eigenvalue weighted by Crippen LogP contribution is 2.65. The summed E-state index contributed by atoms with van der Waals surface area (Å²) < 4.78 is 12.9. The van der Waals surface area contributed by atoms with E-state index in [0.717, 1.165) is 24.0 Å². The summed E-state index contributed by atoms with van der Waals surface area (Å²) in [5, 5.41) is 14.1. The molecule has 2 aromatic carbocycles. The van der Waals surface area contributed by atoms with E-state index in [2.05, 4.69) is 47.4 Å². The highest BCUT2D eigenvalue weighted by Gasteiger charge is 2.68. The fourth-order valence-electron chi connectivity index (χ4n) is 8.32. The van der Waals surface area contributed by atoms with E-state index in [1.54, 1.807) is 36.4 Å². The van der Waals surface area contributed by atoms with Crippen LogP contribution in [0.4, 0.5) is 0 Å². The molecule has 6 rings (SSSR count). The van der Waals surface area contributed by atoms with E-state index in [9.17, 15) is 24.0 Å². The van der Waals surface area contributed by atoms with Gasteiger partial charge >= 0.3 is 7.12 Å². The summed E-state index contributed by atoms with van der Waals surface area (Å²) in [5.41, 5.74) is 13.5. The van der Waals surface area contributed by atoms with Gasteiger partial charge in [0.25, 0.3) is 5.91 Å². The molecule has 4 fully saturated rings.